The van der Waals surface area contributed by atoms with Crippen molar-refractivity contribution in [3.63, 3.8) is 0 Å². The largest absolute Gasteiger partial charge is 0.394 e. The molecule has 0 saturated carbocycles. The molecule has 41 heteroatoms. The molecule has 12 rings (SSSR count). The Kier molecular flexibility index (Phi) is 28.4. The van der Waals surface area contributed by atoms with E-state index in [0.29, 0.717) is 21.3 Å². The zero-order valence-electron chi connectivity index (χ0n) is 59.1. The summed E-state index contributed by atoms with van der Waals surface area (Å²) in [5.41, 5.74) is -7.07. The number of aryl methyl sites for hydroxylation is 5. The molecule has 0 spiro atoms. The molecule has 0 amide bonds. The van der Waals surface area contributed by atoms with Gasteiger partial charge in [0, 0.05) is 77.8 Å². The molecule has 4 aliphatic rings. The van der Waals surface area contributed by atoms with Crippen LogP contribution >= 0.6 is 22.6 Å². The number of aliphatic hydroxyl groups is 12. The number of hydrogen-bond donors (Lipinski definition) is 12. The molecule has 4 aliphatic heterocycles. The van der Waals surface area contributed by atoms with E-state index < -0.39 is 218 Å². The maximum absolute atomic E-state index is 14.6. The zero-order chi connectivity index (χ0) is 82.4. The van der Waals surface area contributed by atoms with Crippen molar-refractivity contribution in [2.75, 3.05) is 26.4 Å². The predicted octanol–water partition coefficient (Wildman–Crippen LogP) is -1.36. The average molecular weight is 1710 g/mol. The summed E-state index contributed by atoms with van der Waals surface area (Å²) in [6.45, 7) is -0.906. The van der Waals surface area contributed by atoms with Crippen LogP contribution in [0.25, 0.3) is 0 Å². The van der Waals surface area contributed by atoms with Crippen molar-refractivity contribution in [2.24, 2.45) is 0 Å². The summed E-state index contributed by atoms with van der Waals surface area (Å²) in [7, 11) is 0. The van der Waals surface area contributed by atoms with Crippen LogP contribution < -0.4 is 45.0 Å². The van der Waals surface area contributed by atoms with E-state index in [1.165, 1.54) is 93.8 Å². The molecule has 4 aromatic heterocycles. The van der Waals surface area contributed by atoms with E-state index in [1.54, 1.807) is 34.7 Å². The molecular formula is C71H77F8IN8O24. The maximum atomic E-state index is 14.6. The van der Waals surface area contributed by atoms with Gasteiger partial charge in [-0.3, -0.25) is 55.7 Å². The molecule has 32 nitrogen and oxygen atoms in total. The van der Waals surface area contributed by atoms with E-state index in [1.807, 2.05) is 0 Å². The number of aliphatic hydroxyl groups excluding tert-OH is 12. The van der Waals surface area contributed by atoms with Crippen molar-refractivity contribution < 1.29 is 115 Å². The smallest absolute Gasteiger partial charge is 0.333 e. The fourth-order valence-corrected chi connectivity index (χ4v) is 13.2. The first kappa shape index (κ1) is 87.1. The van der Waals surface area contributed by atoms with E-state index in [0.717, 1.165) is 51.9 Å². The van der Waals surface area contributed by atoms with Crippen LogP contribution in [0.1, 0.15) is 63.9 Å². The maximum Gasteiger partial charge on any atom is 0.333 e. The van der Waals surface area contributed by atoms with Gasteiger partial charge in [-0.25, -0.2) is 36.7 Å². The number of benzene rings is 4. The van der Waals surface area contributed by atoms with Gasteiger partial charge >= 0.3 is 22.8 Å². The van der Waals surface area contributed by atoms with E-state index >= 15 is 0 Å². The van der Waals surface area contributed by atoms with Crippen LogP contribution in [0.4, 0.5) is 35.1 Å². The normalized spacial score (nSPS) is 24.9. The van der Waals surface area contributed by atoms with E-state index in [2.05, 4.69) is 0 Å². The lowest BCUT2D eigenvalue weighted by molar-refractivity contribution is -0.0579. The Balaban J connectivity index is 0.000000171. The third-order valence-electron chi connectivity index (χ3n) is 18.8. The highest BCUT2D eigenvalue weighted by molar-refractivity contribution is 14.1. The monoisotopic (exact) mass is 1700 g/mol. The van der Waals surface area contributed by atoms with Crippen molar-refractivity contribution in [1.82, 2.24) is 36.5 Å². The highest BCUT2D eigenvalue weighted by Crippen LogP contribution is 2.34. The molecule has 608 valence electrons. The number of hydrogen-bond acceptors (Lipinski definition) is 24. The van der Waals surface area contributed by atoms with Crippen LogP contribution in [0.3, 0.4) is 0 Å². The summed E-state index contributed by atoms with van der Waals surface area (Å²) in [5.74, 6) is -10.1. The second kappa shape index (κ2) is 36.5. The minimum Gasteiger partial charge on any atom is -0.394 e. The summed E-state index contributed by atoms with van der Waals surface area (Å²) in [5, 5.41) is 117. The number of rotatable bonds is 20. The third kappa shape index (κ3) is 18.7. The Morgan fingerprint density at radius 2 is 0.643 bits per heavy atom. The zero-order valence-corrected chi connectivity index (χ0v) is 61.3. The summed E-state index contributed by atoms with van der Waals surface area (Å²) in [4.78, 5) is 101. The fraction of sp³-hybridized carbons (Fsp3) is 0.437. The summed E-state index contributed by atoms with van der Waals surface area (Å²) < 4.78 is 139. The number of halogens is 9. The molecule has 4 saturated heterocycles. The quantitative estimate of drug-likeness (QED) is 0.0310. The molecule has 8 heterocycles. The van der Waals surface area contributed by atoms with Gasteiger partial charge in [0.05, 0.1) is 43.1 Å². The van der Waals surface area contributed by atoms with Gasteiger partial charge in [0.1, 0.15) is 96.5 Å². The van der Waals surface area contributed by atoms with Crippen molar-refractivity contribution >= 4 is 22.6 Å². The van der Waals surface area contributed by atoms with E-state index in [4.69, 9.17) is 18.9 Å². The summed E-state index contributed by atoms with van der Waals surface area (Å²) in [6.07, 6.45) is -17.4. The molecule has 16 atom stereocenters. The first-order valence-corrected chi connectivity index (χ1v) is 35.1. The van der Waals surface area contributed by atoms with Crippen LogP contribution in [0.2, 0.25) is 0 Å². The van der Waals surface area contributed by atoms with Crippen molar-refractivity contribution in [2.45, 2.75) is 170 Å². The van der Waals surface area contributed by atoms with Crippen LogP contribution in [0.15, 0.2) is 160 Å². The van der Waals surface area contributed by atoms with Crippen molar-refractivity contribution in [3.8, 4) is 0 Å². The van der Waals surface area contributed by atoms with Crippen LogP contribution in [-0.4, -0.2) is 197 Å². The fourth-order valence-electron chi connectivity index (χ4n) is 12.6. The Morgan fingerprint density at radius 3 is 0.920 bits per heavy atom. The molecular weight excluding hydrogens is 1630 g/mol. The van der Waals surface area contributed by atoms with Crippen LogP contribution in [0.5, 0.6) is 0 Å². The van der Waals surface area contributed by atoms with Gasteiger partial charge < -0.3 is 80.2 Å². The second-order valence-corrected chi connectivity index (χ2v) is 27.6. The van der Waals surface area contributed by atoms with Gasteiger partial charge in [-0.15, -0.1) is 0 Å². The summed E-state index contributed by atoms with van der Waals surface area (Å²) >= 11 is 1.58. The molecule has 12 N–H and O–H groups in total. The van der Waals surface area contributed by atoms with Crippen molar-refractivity contribution in [1.29, 1.82) is 0 Å². The topological polar surface area (TPSA) is 456 Å². The lowest BCUT2D eigenvalue weighted by atomic mass is 10.1. The number of ether oxygens (including phenoxy) is 4. The van der Waals surface area contributed by atoms with Gasteiger partial charge in [0.2, 0.25) is 0 Å². The molecule has 0 bridgehead atoms. The number of nitrogens with zero attached hydrogens (tertiary/aromatic N) is 8. The second-order valence-electron chi connectivity index (χ2n) is 26.4. The Hall–Kier alpha value is -8.87. The minimum atomic E-state index is -3.51. The molecule has 0 radical (unpaired) electrons. The van der Waals surface area contributed by atoms with E-state index in [-0.39, 0.29) is 68.4 Å². The van der Waals surface area contributed by atoms with Gasteiger partial charge in [0.25, 0.3) is 34.1 Å². The molecule has 4 unspecified atom stereocenters. The highest BCUT2D eigenvalue weighted by Gasteiger charge is 2.48. The van der Waals surface area contributed by atoms with Crippen LogP contribution in [0, 0.1) is 47.6 Å². The van der Waals surface area contributed by atoms with Gasteiger partial charge in [-0.1, -0.05) is 72.8 Å². The molecule has 0 aliphatic carbocycles. The Labute approximate surface area is 638 Å². The summed E-state index contributed by atoms with van der Waals surface area (Å²) in [6, 6.07) is 19.6. The number of alkyl halides is 4. The molecule has 4 fully saturated rings. The molecule has 4 aromatic carbocycles. The predicted molar refractivity (Wildman–Crippen MR) is 380 cm³/mol. The Bertz CT molecular complexity index is 4850. The van der Waals surface area contributed by atoms with Crippen molar-refractivity contribution in [3.05, 3.63) is 271 Å². The van der Waals surface area contributed by atoms with Gasteiger partial charge in [-0.05, 0) is 79.5 Å². The van der Waals surface area contributed by atoms with Gasteiger partial charge in [0.15, 0.2) is 24.9 Å². The lowest BCUT2D eigenvalue weighted by Gasteiger charge is -2.22. The lowest BCUT2D eigenvalue weighted by Crippen LogP contribution is -2.46. The Morgan fingerprint density at radius 1 is 0.375 bits per heavy atom. The molecule has 112 heavy (non-hydrogen) atoms. The average Bonchev–Trinajstić information content (AvgIpc) is 1.66. The minimum absolute atomic E-state index is 0.0267. The molecule has 8 aromatic rings. The van der Waals surface area contributed by atoms with Crippen LogP contribution in [-0.2, 0) is 69.8 Å². The first-order chi connectivity index (χ1) is 52.8. The third-order valence-corrected chi connectivity index (χ3v) is 19.5. The van der Waals surface area contributed by atoms with Gasteiger partial charge in [-0.2, -0.15) is 17.6 Å². The first-order valence-electron chi connectivity index (χ1n) is 34.1. The standard InChI is InChI=1S/3C18H20F2N2O6.C17H17F2IN2O6/c2*1-9-7-22(17-15(25)14(24)13(8-23)28-17)18(27)21(16(9)26)5-4-10-2-3-11(19)6-12(10)20;1-10-7-21(16-14(25)13(24)12(8-23)28-16)17(27)22(15(10)26)9-18(19,20)11-5-3-2-4-6-11;18-17(19,9-4-2-1-3-5-9)8-22-14(26)10(20)6-21(16(22)27)15-13(25)12(24)11(7-23)28-15/h2*2-3,6-7,13-15,17,23-25H,4-5,8H2,1H3;2-7,12-14,16,23-25H,8-9H2,1H3;1-6,11-13,15,23-25H,7-8H2/t2*13-,14+,15?,17-;12-,13+,14?,16-;11-,12+,13?,15-/m1111/s1. The number of aromatic nitrogens is 8. The highest BCUT2D eigenvalue weighted by atomic mass is 127. The SMILES string of the molecule is Cc1cn([C@@H]2O[C@H](CO)[C@H](O)C2O)c(=O)n(CC(F)(F)c2ccccc2)c1=O.Cc1cn([C@@H]2O[C@H](CO)[C@H](O)C2O)c(=O)n(CCc2ccc(F)cc2F)c1=O.Cc1cn([C@@H]2O[C@H](CO)[C@H](O)C2O)c(=O)n(CCc2ccc(F)cc2F)c1=O.O=c1c(I)cn([C@@H]2O[C@H](CO)[C@H](O)C2O)c(=O)n1CC(F)(F)c1ccccc1. The van der Waals surface area contributed by atoms with E-state index in [9.17, 15) is 135 Å².